The normalized spacial score (nSPS) is 29.7. The van der Waals surface area contributed by atoms with Gasteiger partial charge in [-0.3, -0.25) is 4.79 Å². The molecule has 2 aliphatic carbocycles. The molecule has 2 saturated heterocycles. The van der Waals surface area contributed by atoms with Crippen molar-refractivity contribution in [1.29, 1.82) is 0 Å². The third-order valence-electron chi connectivity index (χ3n) is 6.47. The maximum absolute atomic E-state index is 11.2. The van der Waals surface area contributed by atoms with Gasteiger partial charge in [0.05, 0.1) is 6.04 Å². The van der Waals surface area contributed by atoms with Crippen molar-refractivity contribution in [3.8, 4) is 0 Å². The summed E-state index contributed by atoms with van der Waals surface area (Å²) in [6, 6.07) is 0.787. The van der Waals surface area contributed by atoms with Crippen LogP contribution in [0.15, 0.2) is 0 Å². The van der Waals surface area contributed by atoms with Crippen LogP contribution in [0, 0.1) is 24.2 Å². The van der Waals surface area contributed by atoms with Crippen LogP contribution in [0.3, 0.4) is 0 Å². The number of amides is 1. The maximum Gasteiger partial charge on any atom is 0.152 e. The van der Waals surface area contributed by atoms with E-state index in [1.54, 1.807) is 0 Å². The van der Waals surface area contributed by atoms with Crippen molar-refractivity contribution in [3.63, 3.8) is 0 Å². The number of rotatable bonds is 1. The molecule has 4 atom stereocenters. The van der Waals surface area contributed by atoms with Crippen LogP contribution in [-0.2, 0) is 75.0 Å². The number of hydrogen-bond acceptors (Lipinski definition) is 3. The molecule has 0 N–H and O–H groups in total. The first-order valence-electron chi connectivity index (χ1n) is 10.2. The molecule has 4 fully saturated rings. The zero-order chi connectivity index (χ0) is 20.6. The van der Waals surface area contributed by atoms with Crippen molar-refractivity contribution in [3.05, 3.63) is 6.92 Å². The fraction of sp³-hybridized carbons (Fsp3) is 0.857. The van der Waals surface area contributed by atoms with Gasteiger partial charge in [0.25, 0.3) is 0 Å². The number of carbonyl (C=O) groups excluding carboxylic acids is 2. The molecule has 30 heavy (non-hydrogen) atoms. The standard InChI is InChI=1S/C10H19N.C8H10NO2.C3H7.I2.HI.2Y/c1-10(2)6-4-8-5-7-11(3)9(8)10;10-5-9-4-3-6-1-2-7(11)8(6)9;1-3-2;1-2;;;/h8-9H,4-7H2,1-3H3;6,8H,1-4H2;1,3H2,2H3;;1H;;/q;2*-1;;;;. The SMILES string of the molecule is CN1CCC2CCC(C)(C)C21.I.II.O=[C-]N1CCC2CCC(=O)C21.[CH2-]CC.[Y].[Y]. The second-order valence-corrected chi connectivity index (χ2v) is 8.78. The number of carbonyl (C=O) groups is 1. The summed E-state index contributed by atoms with van der Waals surface area (Å²) in [5.74, 6) is 1.70. The number of likely N-dealkylation sites (tertiary alicyclic amines) is 2. The molecular weight excluding hydrogens is 871 g/mol. The molecule has 2 saturated carbocycles. The summed E-state index contributed by atoms with van der Waals surface area (Å²) in [6.45, 7) is 12.4. The summed E-state index contributed by atoms with van der Waals surface area (Å²) in [5.41, 5.74) is 0.593. The number of Topliss-reactive ketones (excluding diaryl/α,β-unsaturated/α-hetero) is 1. The quantitative estimate of drug-likeness (QED) is 0.245. The third-order valence-corrected chi connectivity index (χ3v) is 6.47. The van der Waals surface area contributed by atoms with Gasteiger partial charge in [-0.05, 0) is 69.5 Å². The van der Waals surface area contributed by atoms with E-state index in [0.717, 1.165) is 37.8 Å². The number of fused-ring (bicyclic) bond motifs is 2. The molecular formula is C21H37I3N2O2Y2-2. The Balaban J connectivity index is -0.000000371. The van der Waals surface area contributed by atoms with Crippen LogP contribution in [0.4, 0.5) is 0 Å². The van der Waals surface area contributed by atoms with Crippen molar-refractivity contribution in [1.82, 2.24) is 9.80 Å². The first kappa shape index (κ1) is 38.0. The van der Waals surface area contributed by atoms with Crippen LogP contribution in [0.5, 0.6) is 0 Å². The van der Waals surface area contributed by atoms with E-state index in [-0.39, 0.29) is 101 Å². The van der Waals surface area contributed by atoms with Crippen LogP contribution in [0.1, 0.15) is 65.7 Å². The predicted octanol–water partition coefficient (Wildman–Crippen LogP) is 5.85. The summed E-state index contributed by atoms with van der Waals surface area (Å²) < 4.78 is 0. The second kappa shape index (κ2) is 19.7. The van der Waals surface area contributed by atoms with Crippen LogP contribution in [0.25, 0.3) is 0 Å². The Bertz CT molecular complexity index is 487. The Hall–Kier alpha value is 3.50. The largest absolute Gasteiger partial charge is 0.520 e. The molecule has 0 spiro atoms. The van der Waals surface area contributed by atoms with Gasteiger partial charge >= 0.3 is 0 Å². The van der Waals surface area contributed by atoms with Gasteiger partial charge in [0.1, 0.15) is 0 Å². The van der Waals surface area contributed by atoms with Crippen LogP contribution in [0.2, 0.25) is 0 Å². The molecule has 4 aliphatic rings. The first-order valence-corrected chi connectivity index (χ1v) is 16.4. The van der Waals surface area contributed by atoms with Crippen LogP contribution >= 0.6 is 61.2 Å². The van der Waals surface area contributed by atoms with Crippen molar-refractivity contribution >= 4 is 73.4 Å². The van der Waals surface area contributed by atoms with E-state index in [0.29, 0.717) is 17.8 Å². The number of nitrogens with zero attached hydrogens (tertiary/aromatic N) is 2. The zero-order valence-electron chi connectivity index (χ0n) is 18.9. The first-order chi connectivity index (χ1) is 12.9. The molecule has 2 heterocycles. The molecule has 4 nitrogen and oxygen atoms in total. The Morgan fingerprint density at radius 3 is 2.13 bits per heavy atom. The van der Waals surface area contributed by atoms with Gasteiger partial charge in [-0.1, -0.05) is 20.8 Å². The summed E-state index contributed by atoms with van der Waals surface area (Å²) in [6.07, 6.45) is 9.81. The van der Waals surface area contributed by atoms with E-state index in [4.69, 9.17) is 0 Å². The van der Waals surface area contributed by atoms with Gasteiger partial charge < -0.3 is 21.5 Å². The minimum atomic E-state index is -0.104. The molecule has 0 aromatic rings. The van der Waals surface area contributed by atoms with E-state index < -0.39 is 0 Å². The Labute approximate surface area is 275 Å². The monoisotopic (exact) mass is 908 g/mol. The van der Waals surface area contributed by atoms with Crippen molar-refractivity contribution < 1.29 is 75.0 Å². The molecule has 0 aromatic heterocycles. The average molecular weight is 908 g/mol. The van der Waals surface area contributed by atoms with Crippen LogP contribution < -0.4 is 0 Å². The van der Waals surface area contributed by atoms with Crippen molar-refractivity contribution in [2.45, 2.75) is 77.8 Å². The van der Waals surface area contributed by atoms with E-state index in [9.17, 15) is 9.59 Å². The Kier molecular flexibility index (Phi) is 24.9. The van der Waals surface area contributed by atoms with E-state index >= 15 is 0 Å². The Morgan fingerprint density at radius 1 is 1.10 bits per heavy atom. The summed E-state index contributed by atoms with van der Waals surface area (Å²) in [7, 11) is 2.29. The fourth-order valence-electron chi connectivity index (χ4n) is 5.44. The summed E-state index contributed by atoms with van der Waals surface area (Å²) >= 11 is 4.24. The predicted molar refractivity (Wildman–Crippen MR) is 145 cm³/mol. The molecule has 0 bridgehead atoms. The minimum absolute atomic E-state index is 0. The van der Waals surface area contributed by atoms with Gasteiger partial charge in [0.15, 0.2) is 5.78 Å². The van der Waals surface area contributed by atoms with E-state index in [1.807, 2.05) is 13.3 Å². The Morgan fingerprint density at radius 2 is 1.63 bits per heavy atom. The van der Waals surface area contributed by atoms with E-state index in [1.165, 1.54) is 30.7 Å². The molecule has 4 rings (SSSR count). The third kappa shape index (κ3) is 10.6. The average Bonchev–Trinajstić information content (AvgIpc) is 3.38. The number of ketones is 1. The van der Waals surface area contributed by atoms with E-state index in [2.05, 4.69) is 70.0 Å². The maximum atomic E-state index is 11.2. The van der Waals surface area contributed by atoms with Gasteiger partial charge in [0.2, 0.25) is 0 Å². The molecule has 1 amide bonds. The second-order valence-electron chi connectivity index (χ2n) is 8.78. The summed E-state index contributed by atoms with van der Waals surface area (Å²) in [4.78, 5) is 25.6. The van der Waals surface area contributed by atoms with Gasteiger partial charge in [0, 0.05) is 115 Å². The summed E-state index contributed by atoms with van der Waals surface area (Å²) in [5, 5.41) is 0. The number of halogens is 3. The minimum Gasteiger partial charge on any atom is -0.520 e. The molecule has 0 aromatic carbocycles. The molecule has 9 heteroatoms. The van der Waals surface area contributed by atoms with Crippen molar-refractivity contribution in [2.75, 3.05) is 20.1 Å². The van der Waals surface area contributed by atoms with Gasteiger partial charge in [-0.25, -0.2) is 0 Å². The van der Waals surface area contributed by atoms with Gasteiger partial charge in [-0.15, -0.1) is 24.0 Å². The number of hydrogen-bond donors (Lipinski definition) is 0. The topological polar surface area (TPSA) is 40.6 Å². The molecule has 172 valence electrons. The zero-order valence-corrected chi connectivity index (χ0v) is 31.2. The molecule has 2 radical (unpaired) electrons. The molecule has 4 unspecified atom stereocenters. The van der Waals surface area contributed by atoms with Crippen molar-refractivity contribution in [2.24, 2.45) is 17.3 Å². The fourth-order valence-corrected chi connectivity index (χ4v) is 5.44. The smallest absolute Gasteiger partial charge is 0.152 e. The molecule has 2 aliphatic heterocycles. The van der Waals surface area contributed by atoms with Crippen LogP contribution in [-0.4, -0.2) is 54.2 Å². The van der Waals surface area contributed by atoms with Gasteiger partial charge in [-0.2, -0.15) is 12.8 Å².